The lowest BCUT2D eigenvalue weighted by Gasteiger charge is -2.31. The highest BCUT2D eigenvalue weighted by Gasteiger charge is 2.34. The van der Waals surface area contributed by atoms with Crippen molar-refractivity contribution in [3.05, 3.63) is 46.9 Å². The number of para-hydroxylation sites is 1. The summed E-state index contributed by atoms with van der Waals surface area (Å²) in [6.45, 7) is 4.99. The first kappa shape index (κ1) is 20.3. The van der Waals surface area contributed by atoms with Crippen molar-refractivity contribution in [2.75, 3.05) is 18.6 Å². The number of aryl methyl sites for hydroxylation is 1. The number of hydrogen-bond donors (Lipinski definition) is 0. The van der Waals surface area contributed by atoms with Crippen LogP contribution in [0, 0.1) is 6.92 Å². The third-order valence-electron chi connectivity index (χ3n) is 6.05. The van der Waals surface area contributed by atoms with Gasteiger partial charge in [0.15, 0.2) is 5.82 Å². The average molecular weight is 409 g/mol. The largest absolute Gasteiger partial charge is 0.496 e. The number of amides is 2. The van der Waals surface area contributed by atoms with Gasteiger partial charge in [0.2, 0.25) is 11.8 Å². The number of fused-ring (bicyclic) bond motifs is 1. The maximum Gasteiger partial charge on any atom is 0.228 e. The van der Waals surface area contributed by atoms with Gasteiger partial charge in [-0.25, -0.2) is 9.97 Å². The molecular weight excluding hydrogens is 380 g/mol. The summed E-state index contributed by atoms with van der Waals surface area (Å²) < 4.78 is 5.48. The van der Waals surface area contributed by atoms with E-state index in [1.54, 1.807) is 12.0 Å². The van der Waals surface area contributed by atoms with Crippen molar-refractivity contribution in [1.82, 2.24) is 14.9 Å². The molecule has 0 bridgehead atoms. The van der Waals surface area contributed by atoms with Gasteiger partial charge in [-0.2, -0.15) is 0 Å². The SMILES string of the molecule is CCC(=O)N1CCC[C@H]1c1nc(C)c2c(n1)N(Cc1ccccc1OC)C(=O)CC2. The van der Waals surface area contributed by atoms with E-state index in [1.807, 2.05) is 43.0 Å². The highest BCUT2D eigenvalue weighted by Crippen LogP contribution is 2.35. The van der Waals surface area contributed by atoms with E-state index in [0.717, 1.165) is 42.0 Å². The van der Waals surface area contributed by atoms with Gasteiger partial charge in [-0.15, -0.1) is 0 Å². The molecular formula is C23H28N4O3. The summed E-state index contributed by atoms with van der Waals surface area (Å²) in [7, 11) is 1.63. The molecule has 0 saturated carbocycles. The molecule has 2 aromatic rings. The third kappa shape index (κ3) is 3.64. The molecule has 1 fully saturated rings. The minimum atomic E-state index is -0.119. The van der Waals surface area contributed by atoms with Gasteiger partial charge in [0, 0.05) is 36.2 Å². The van der Waals surface area contributed by atoms with Crippen molar-refractivity contribution < 1.29 is 14.3 Å². The Hall–Kier alpha value is -2.96. The normalized spacial score (nSPS) is 18.5. The van der Waals surface area contributed by atoms with E-state index in [4.69, 9.17) is 14.7 Å². The summed E-state index contributed by atoms with van der Waals surface area (Å²) >= 11 is 0. The van der Waals surface area contributed by atoms with E-state index in [2.05, 4.69) is 0 Å². The number of carbonyl (C=O) groups is 2. The molecule has 1 atom stereocenters. The number of methoxy groups -OCH3 is 1. The molecule has 2 amide bonds. The van der Waals surface area contributed by atoms with Gasteiger partial charge >= 0.3 is 0 Å². The van der Waals surface area contributed by atoms with Crippen molar-refractivity contribution in [3.8, 4) is 5.75 Å². The predicted octanol–water partition coefficient (Wildman–Crippen LogP) is 3.35. The molecule has 7 heteroatoms. The second kappa shape index (κ2) is 8.42. The number of ether oxygens (including phenoxy) is 1. The van der Waals surface area contributed by atoms with Crippen LogP contribution in [0.2, 0.25) is 0 Å². The summed E-state index contributed by atoms with van der Waals surface area (Å²) in [5, 5.41) is 0. The summed E-state index contributed by atoms with van der Waals surface area (Å²) in [5.74, 6) is 2.24. The van der Waals surface area contributed by atoms with E-state index in [1.165, 1.54) is 0 Å². The number of anilines is 1. The van der Waals surface area contributed by atoms with Gasteiger partial charge in [0.1, 0.15) is 11.6 Å². The molecule has 4 rings (SSSR count). The van der Waals surface area contributed by atoms with Crippen LogP contribution in [0.15, 0.2) is 24.3 Å². The average Bonchev–Trinajstić information content (AvgIpc) is 3.25. The highest BCUT2D eigenvalue weighted by atomic mass is 16.5. The Labute approximate surface area is 177 Å². The maximum absolute atomic E-state index is 12.9. The molecule has 7 nitrogen and oxygen atoms in total. The smallest absolute Gasteiger partial charge is 0.228 e. The van der Waals surface area contributed by atoms with Crippen molar-refractivity contribution in [2.45, 2.75) is 58.5 Å². The van der Waals surface area contributed by atoms with Crippen molar-refractivity contribution in [3.63, 3.8) is 0 Å². The number of aromatic nitrogens is 2. The van der Waals surface area contributed by atoms with Crippen LogP contribution in [-0.4, -0.2) is 40.3 Å². The first-order valence-electron chi connectivity index (χ1n) is 10.6. The van der Waals surface area contributed by atoms with Gasteiger partial charge in [0.25, 0.3) is 0 Å². The molecule has 2 aliphatic heterocycles. The van der Waals surface area contributed by atoms with E-state index >= 15 is 0 Å². The highest BCUT2D eigenvalue weighted by molar-refractivity contribution is 5.95. The summed E-state index contributed by atoms with van der Waals surface area (Å²) in [6.07, 6.45) is 3.35. The quantitative estimate of drug-likeness (QED) is 0.758. The van der Waals surface area contributed by atoms with Gasteiger partial charge in [-0.1, -0.05) is 25.1 Å². The molecule has 0 unspecified atom stereocenters. The van der Waals surface area contributed by atoms with Gasteiger partial charge < -0.3 is 9.64 Å². The monoisotopic (exact) mass is 408 g/mol. The molecule has 0 aliphatic carbocycles. The van der Waals surface area contributed by atoms with Crippen molar-refractivity contribution >= 4 is 17.6 Å². The zero-order chi connectivity index (χ0) is 21.3. The Morgan fingerprint density at radius 3 is 2.80 bits per heavy atom. The lowest BCUT2D eigenvalue weighted by molar-refractivity contribution is -0.132. The van der Waals surface area contributed by atoms with Crippen LogP contribution in [-0.2, 0) is 22.6 Å². The van der Waals surface area contributed by atoms with Crippen LogP contribution in [0.25, 0.3) is 0 Å². The molecule has 0 N–H and O–H groups in total. The zero-order valence-electron chi connectivity index (χ0n) is 17.9. The number of hydrogen-bond acceptors (Lipinski definition) is 5. The van der Waals surface area contributed by atoms with Crippen LogP contribution in [0.3, 0.4) is 0 Å². The van der Waals surface area contributed by atoms with E-state index in [0.29, 0.717) is 37.4 Å². The van der Waals surface area contributed by atoms with Crippen LogP contribution in [0.1, 0.15) is 61.3 Å². The fourth-order valence-corrected chi connectivity index (χ4v) is 4.46. The van der Waals surface area contributed by atoms with Crippen molar-refractivity contribution in [1.29, 1.82) is 0 Å². The number of carbonyl (C=O) groups excluding carboxylic acids is 2. The molecule has 0 spiro atoms. The fraction of sp³-hybridized carbons (Fsp3) is 0.478. The lowest BCUT2D eigenvalue weighted by atomic mass is 10.0. The molecule has 1 saturated heterocycles. The standard InChI is InChI=1S/C23H28N4O3/c1-4-20(28)26-13-7-9-18(26)22-24-15(2)17-11-12-21(29)27(23(17)25-22)14-16-8-5-6-10-19(16)30-3/h5-6,8,10,18H,4,7,9,11-14H2,1-3H3/t18-/m0/s1. The molecule has 1 aromatic carbocycles. The number of benzene rings is 1. The predicted molar refractivity (Wildman–Crippen MR) is 113 cm³/mol. The van der Waals surface area contributed by atoms with Crippen LogP contribution >= 0.6 is 0 Å². The number of likely N-dealkylation sites (tertiary alicyclic amines) is 1. The molecule has 158 valence electrons. The Morgan fingerprint density at radius 2 is 2.03 bits per heavy atom. The van der Waals surface area contributed by atoms with Gasteiger partial charge in [-0.3, -0.25) is 14.5 Å². The maximum atomic E-state index is 12.9. The Bertz CT molecular complexity index is 975. The summed E-state index contributed by atoms with van der Waals surface area (Å²) in [5.41, 5.74) is 2.84. The minimum Gasteiger partial charge on any atom is -0.496 e. The summed E-state index contributed by atoms with van der Waals surface area (Å²) in [4.78, 5) is 38.5. The molecule has 1 aromatic heterocycles. The van der Waals surface area contributed by atoms with Crippen LogP contribution in [0.4, 0.5) is 5.82 Å². The molecule has 0 radical (unpaired) electrons. The Kier molecular flexibility index (Phi) is 5.70. The zero-order valence-corrected chi connectivity index (χ0v) is 17.9. The van der Waals surface area contributed by atoms with Gasteiger partial charge in [0.05, 0.1) is 19.7 Å². The van der Waals surface area contributed by atoms with Crippen LogP contribution < -0.4 is 9.64 Å². The molecule has 30 heavy (non-hydrogen) atoms. The fourth-order valence-electron chi connectivity index (χ4n) is 4.46. The third-order valence-corrected chi connectivity index (χ3v) is 6.05. The Morgan fingerprint density at radius 1 is 1.23 bits per heavy atom. The first-order valence-corrected chi connectivity index (χ1v) is 10.6. The summed E-state index contributed by atoms with van der Waals surface area (Å²) in [6, 6.07) is 7.60. The number of rotatable bonds is 5. The van der Waals surface area contributed by atoms with E-state index in [-0.39, 0.29) is 17.9 Å². The Balaban J connectivity index is 1.73. The van der Waals surface area contributed by atoms with Crippen molar-refractivity contribution in [2.24, 2.45) is 0 Å². The second-order valence-corrected chi connectivity index (χ2v) is 7.86. The van der Waals surface area contributed by atoms with Crippen LogP contribution in [0.5, 0.6) is 5.75 Å². The number of nitrogens with zero attached hydrogens (tertiary/aromatic N) is 4. The molecule has 2 aliphatic rings. The van der Waals surface area contributed by atoms with E-state index < -0.39 is 0 Å². The second-order valence-electron chi connectivity index (χ2n) is 7.86. The minimum absolute atomic E-state index is 0.0466. The van der Waals surface area contributed by atoms with Gasteiger partial charge in [-0.05, 0) is 32.3 Å². The lowest BCUT2D eigenvalue weighted by Crippen LogP contribution is -2.37. The first-order chi connectivity index (χ1) is 14.5. The molecule has 3 heterocycles. The topological polar surface area (TPSA) is 75.6 Å². The van der Waals surface area contributed by atoms with E-state index in [9.17, 15) is 9.59 Å².